The Labute approximate surface area is 121 Å². The molecule has 7 heteroatoms. The van der Waals surface area contributed by atoms with Crippen LogP contribution in [0.4, 0.5) is 0 Å². The molecule has 0 unspecified atom stereocenters. The minimum atomic E-state index is -1.13. The van der Waals surface area contributed by atoms with E-state index in [9.17, 15) is 14.7 Å². The summed E-state index contributed by atoms with van der Waals surface area (Å²) < 4.78 is 0. The van der Waals surface area contributed by atoms with Crippen LogP contribution in [0.1, 0.15) is 12.5 Å². The lowest BCUT2D eigenvalue weighted by molar-refractivity contribution is -0.144. The number of nitrogens with zero attached hydrogens (tertiary/aromatic N) is 2. The molecular weight excluding hydrogens is 274 g/mol. The Hall–Kier alpha value is -2.67. The Morgan fingerprint density at radius 1 is 1.43 bits per heavy atom. The normalized spacial score (nSPS) is 18.0. The average Bonchev–Trinajstić information content (AvgIpc) is 2.77. The number of carboxylic acid groups (broad SMARTS) is 1. The van der Waals surface area contributed by atoms with E-state index in [0.29, 0.717) is 5.56 Å². The molecule has 1 aromatic rings. The number of nitrogens with two attached hydrogens (primary N) is 1. The van der Waals surface area contributed by atoms with Crippen molar-refractivity contribution in [2.75, 3.05) is 6.54 Å². The molecular formula is C14H15N3O4. The van der Waals surface area contributed by atoms with Crippen molar-refractivity contribution in [3.05, 3.63) is 35.5 Å². The molecule has 1 aliphatic rings. The van der Waals surface area contributed by atoms with Gasteiger partial charge < -0.3 is 15.9 Å². The van der Waals surface area contributed by atoms with Gasteiger partial charge in [-0.15, -0.1) is 0 Å². The van der Waals surface area contributed by atoms with Gasteiger partial charge in [0.05, 0.1) is 6.54 Å². The van der Waals surface area contributed by atoms with Crippen LogP contribution in [0.25, 0.3) is 6.08 Å². The Morgan fingerprint density at radius 3 is 2.57 bits per heavy atom. The largest absolute Gasteiger partial charge is 0.508 e. The molecule has 21 heavy (non-hydrogen) atoms. The summed E-state index contributed by atoms with van der Waals surface area (Å²) in [6, 6.07) is 5.17. The summed E-state index contributed by atoms with van der Waals surface area (Å²) in [7, 11) is 0. The Bertz CT molecular complexity index is 634. The van der Waals surface area contributed by atoms with Crippen molar-refractivity contribution >= 4 is 23.8 Å². The number of benzene rings is 1. The first-order valence-electron chi connectivity index (χ1n) is 6.28. The van der Waals surface area contributed by atoms with Crippen LogP contribution >= 0.6 is 0 Å². The average molecular weight is 289 g/mol. The molecule has 0 saturated carbocycles. The molecule has 1 aromatic carbocycles. The summed E-state index contributed by atoms with van der Waals surface area (Å²) in [5.41, 5.74) is 6.31. The molecule has 0 spiro atoms. The molecule has 2 rings (SSSR count). The van der Waals surface area contributed by atoms with Crippen LogP contribution in [-0.2, 0) is 9.59 Å². The molecule has 7 nitrogen and oxygen atoms in total. The highest BCUT2D eigenvalue weighted by atomic mass is 16.4. The number of aliphatic imine (C=N–C) groups is 1. The third kappa shape index (κ3) is 2.92. The minimum absolute atomic E-state index is 0.0315. The van der Waals surface area contributed by atoms with E-state index in [4.69, 9.17) is 10.8 Å². The predicted octanol–water partition coefficient (Wildman–Crippen LogP) is 0.406. The number of amidine groups is 1. The fourth-order valence-corrected chi connectivity index (χ4v) is 1.96. The van der Waals surface area contributed by atoms with E-state index < -0.39 is 17.9 Å². The van der Waals surface area contributed by atoms with Crippen molar-refractivity contribution in [2.45, 2.75) is 13.0 Å². The minimum Gasteiger partial charge on any atom is -0.508 e. The van der Waals surface area contributed by atoms with Crippen LogP contribution in [0.15, 0.2) is 35.0 Å². The summed E-state index contributed by atoms with van der Waals surface area (Å²) in [5, 5.41) is 18.3. The van der Waals surface area contributed by atoms with Gasteiger partial charge in [0.15, 0.2) is 0 Å². The predicted molar refractivity (Wildman–Crippen MR) is 76.5 cm³/mol. The molecule has 1 amide bonds. The lowest BCUT2D eigenvalue weighted by Crippen LogP contribution is -2.46. The Kier molecular flexibility index (Phi) is 4.04. The Morgan fingerprint density at radius 2 is 2.05 bits per heavy atom. The van der Waals surface area contributed by atoms with Crippen molar-refractivity contribution in [1.82, 2.24) is 4.90 Å². The molecule has 0 radical (unpaired) electrons. The highest BCUT2D eigenvalue weighted by molar-refractivity contribution is 6.16. The van der Waals surface area contributed by atoms with Gasteiger partial charge in [-0.1, -0.05) is 12.1 Å². The van der Waals surface area contributed by atoms with Gasteiger partial charge in [-0.25, -0.2) is 9.79 Å². The summed E-state index contributed by atoms with van der Waals surface area (Å²) in [6.07, 6.45) is 1.52. The number of amides is 1. The Balaban J connectivity index is 2.34. The van der Waals surface area contributed by atoms with Crippen LogP contribution in [-0.4, -0.2) is 45.4 Å². The van der Waals surface area contributed by atoms with Crippen LogP contribution in [0, 0.1) is 0 Å². The number of hydrogen-bond acceptors (Lipinski definition) is 5. The molecule has 0 aromatic heterocycles. The van der Waals surface area contributed by atoms with Crippen molar-refractivity contribution in [2.24, 2.45) is 10.7 Å². The summed E-state index contributed by atoms with van der Waals surface area (Å²) >= 11 is 0. The van der Waals surface area contributed by atoms with E-state index in [1.807, 2.05) is 0 Å². The third-order valence-electron chi connectivity index (χ3n) is 3.09. The molecule has 0 saturated heterocycles. The second-order valence-corrected chi connectivity index (χ2v) is 4.54. The number of hydrogen-bond donors (Lipinski definition) is 3. The maximum absolute atomic E-state index is 12.3. The molecule has 0 bridgehead atoms. The number of carboxylic acids is 1. The van der Waals surface area contributed by atoms with Crippen LogP contribution < -0.4 is 5.73 Å². The lowest BCUT2D eigenvalue weighted by atomic mass is 10.2. The highest BCUT2D eigenvalue weighted by Crippen LogP contribution is 2.21. The van der Waals surface area contributed by atoms with Gasteiger partial charge in [0, 0.05) is 0 Å². The summed E-state index contributed by atoms with van der Waals surface area (Å²) in [6.45, 7) is 1.37. The first-order chi connectivity index (χ1) is 9.93. The van der Waals surface area contributed by atoms with E-state index in [1.165, 1.54) is 25.1 Å². The number of carbonyl (C=O) groups is 2. The highest BCUT2D eigenvalue weighted by Gasteiger charge is 2.35. The first-order valence-corrected chi connectivity index (χ1v) is 6.28. The third-order valence-corrected chi connectivity index (χ3v) is 3.09. The quantitative estimate of drug-likeness (QED) is 0.694. The van der Waals surface area contributed by atoms with Gasteiger partial charge >= 0.3 is 5.97 Å². The lowest BCUT2D eigenvalue weighted by Gasteiger charge is -2.21. The van der Waals surface area contributed by atoms with E-state index in [2.05, 4.69) is 4.99 Å². The number of phenols is 1. The first kappa shape index (κ1) is 14.7. The fourth-order valence-electron chi connectivity index (χ4n) is 1.96. The van der Waals surface area contributed by atoms with Gasteiger partial charge in [-0.05, 0) is 30.7 Å². The molecule has 0 fully saturated rings. The second-order valence-electron chi connectivity index (χ2n) is 4.54. The van der Waals surface area contributed by atoms with Gasteiger partial charge in [0.2, 0.25) is 0 Å². The number of rotatable bonds is 4. The van der Waals surface area contributed by atoms with Crippen molar-refractivity contribution in [3.63, 3.8) is 0 Å². The smallest absolute Gasteiger partial charge is 0.326 e. The van der Waals surface area contributed by atoms with Crippen LogP contribution in [0.3, 0.4) is 0 Å². The molecule has 1 heterocycles. The molecule has 1 atom stereocenters. The maximum Gasteiger partial charge on any atom is 0.326 e. The molecule has 1 aliphatic heterocycles. The SMILES string of the molecule is C[C@@H](C(=O)O)N1C(=O)/C(=C/c2ccc(O)cc2)N=C1CN. The summed E-state index contributed by atoms with van der Waals surface area (Å²) in [5.74, 6) is -1.30. The van der Waals surface area contributed by atoms with E-state index in [0.717, 1.165) is 4.90 Å². The second kappa shape index (κ2) is 5.76. The number of aromatic hydroxyl groups is 1. The molecule has 0 aliphatic carbocycles. The van der Waals surface area contributed by atoms with Gasteiger partial charge in [0.25, 0.3) is 5.91 Å². The van der Waals surface area contributed by atoms with Crippen molar-refractivity contribution in [3.8, 4) is 5.75 Å². The van der Waals surface area contributed by atoms with Gasteiger partial charge in [-0.3, -0.25) is 9.69 Å². The van der Waals surface area contributed by atoms with E-state index >= 15 is 0 Å². The van der Waals surface area contributed by atoms with E-state index in [-0.39, 0.29) is 23.8 Å². The number of carbonyl (C=O) groups excluding carboxylic acids is 1. The van der Waals surface area contributed by atoms with Crippen molar-refractivity contribution < 1.29 is 19.8 Å². The number of phenolic OH excluding ortho intramolecular Hbond substituents is 1. The topological polar surface area (TPSA) is 116 Å². The van der Waals surface area contributed by atoms with Gasteiger partial charge in [-0.2, -0.15) is 0 Å². The summed E-state index contributed by atoms with van der Waals surface area (Å²) in [4.78, 5) is 28.5. The zero-order chi connectivity index (χ0) is 15.6. The monoisotopic (exact) mass is 289 g/mol. The molecule has 4 N–H and O–H groups in total. The van der Waals surface area contributed by atoms with E-state index in [1.54, 1.807) is 12.1 Å². The molecule has 110 valence electrons. The zero-order valence-electron chi connectivity index (χ0n) is 11.4. The number of aliphatic carboxylic acids is 1. The maximum atomic E-state index is 12.3. The standard InChI is InChI=1S/C14H15N3O4/c1-8(14(20)21)17-12(7-15)16-11(13(17)19)6-9-2-4-10(18)5-3-9/h2-6,8,18H,7,15H2,1H3,(H,20,21)/b11-6-/t8-/m0/s1. The van der Waals surface area contributed by atoms with Crippen molar-refractivity contribution in [1.29, 1.82) is 0 Å². The zero-order valence-corrected chi connectivity index (χ0v) is 11.4. The van der Waals surface area contributed by atoms with Crippen LogP contribution in [0.5, 0.6) is 5.75 Å². The van der Waals surface area contributed by atoms with Gasteiger partial charge in [0.1, 0.15) is 23.3 Å². The fraction of sp³-hybridized carbons (Fsp3) is 0.214. The van der Waals surface area contributed by atoms with Crippen LogP contribution in [0.2, 0.25) is 0 Å².